The van der Waals surface area contributed by atoms with Gasteiger partial charge in [-0.2, -0.15) is 5.10 Å². The van der Waals surface area contributed by atoms with Crippen LogP contribution in [0.15, 0.2) is 59.7 Å². The van der Waals surface area contributed by atoms with E-state index in [1.165, 1.54) is 6.26 Å². The number of nitrogens with zero attached hydrogens (tertiary/aromatic N) is 3. The summed E-state index contributed by atoms with van der Waals surface area (Å²) >= 11 is 0. The normalized spacial score (nSPS) is 11.9. The number of hydrogen-bond donors (Lipinski definition) is 1. The number of fused-ring (bicyclic) bond motifs is 1. The predicted molar refractivity (Wildman–Crippen MR) is 95.7 cm³/mol. The molecule has 1 aromatic heterocycles. The molecule has 3 aromatic rings. The lowest BCUT2D eigenvalue weighted by Gasteiger charge is -2.08. The van der Waals surface area contributed by atoms with Crippen molar-refractivity contribution in [2.45, 2.75) is 5.75 Å². The molecule has 0 unspecified atom stereocenters. The van der Waals surface area contributed by atoms with Gasteiger partial charge in [0.1, 0.15) is 5.69 Å². The van der Waals surface area contributed by atoms with Gasteiger partial charge in [0.2, 0.25) is 0 Å². The van der Waals surface area contributed by atoms with Gasteiger partial charge in [-0.3, -0.25) is 5.43 Å². The molecule has 6 nitrogen and oxygen atoms in total. The van der Waals surface area contributed by atoms with Gasteiger partial charge < -0.3 is 0 Å². The highest BCUT2D eigenvalue weighted by Gasteiger charge is 2.13. The number of para-hydroxylation sites is 2. The van der Waals surface area contributed by atoms with Crippen molar-refractivity contribution in [2.75, 3.05) is 11.7 Å². The first-order valence-corrected chi connectivity index (χ1v) is 9.35. The second kappa shape index (κ2) is 6.76. The Kier molecular flexibility index (Phi) is 4.52. The van der Waals surface area contributed by atoms with E-state index >= 15 is 0 Å². The maximum absolute atomic E-state index is 11.7. The lowest BCUT2D eigenvalue weighted by molar-refractivity contribution is 0.600. The van der Waals surface area contributed by atoms with E-state index in [1.54, 1.807) is 12.3 Å². The molecule has 0 saturated carbocycles. The quantitative estimate of drug-likeness (QED) is 0.570. The highest BCUT2D eigenvalue weighted by Crippen LogP contribution is 2.18. The molecule has 0 atom stereocenters. The Labute approximate surface area is 140 Å². The number of sulfone groups is 1. The monoisotopic (exact) mass is 340 g/mol. The molecule has 24 heavy (non-hydrogen) atoms. The molecule has 3 rings (SSSR count). The van der Waals surface area contributed by atoms with Crippen LogP contribution in [0.2, 0.25) is 0 Å². The van der Waals surface area contributed by atoms with Crippen LogP contribution in [-0.2, 0) is 15.6 Å². The summed E-state index contributed by atoms with van der Waals surface area (Å²) in [5.74, 6) is 0.139. The zero-order valence-electron chi connectivity index (χ0n) is 13.0. The van der Waals surface area contributed by atoms with Crippen molar-refractivity contribution in [2.24, 2.45) is 5.10 Å². The topological polar surface area (TPSA) is 84.3 Å². The van der Waals surface area contributed by atoms with Crippen molar-refractivity contribution in [1.29, 1.82) is 0 Å². The van der Waals surface area contributed by atoms with Crippen molar-refractivity contribution in [3.8, 4) is 0 Å². The van der Waals surface area contributed by atoms with E-state index in [0.29, 0.717) is 22.5 Å². The lowest BCUT2D eigenvalue weighted by atomic mass is 10.2. The van der Waals surface area contributed by atoms with Gasteiger partial charge in [0.05, 0.1) is 23.0 Å². The third kappa shape index (κ3) is 4.14. The summed E-state index contributed by atoms with van der Waals surface area (Å²) in [6, 6.07) is 16.9. The minimum absolute atomic E-state index is 0.200. The summed E-state index contributed by atoms with van der Waals surface area (Å²) in [6.45, 7) is 0. The van der Waals surface area contributed by atoms with E-state index in [2.05, 4.69) is 20.5 Å². The van der Waals surface area contributed by atoms with Crippen LogP contribution in [0.4, 0.5) is 5.82 Å². The molecule has 0 bridgehead atoms. The third-order valence-electron chi connectivity index (χ3n) is 3.23. The molecule has 0 spiro atoms. The Morgan fingerprint density at radius 1 is 1.00 bits per heavy atom. The van der Waals surface area contributed by atoms with Crippen LogP contribution >= 0.6 is 0 Å². The van der Waals surface area contributed by atoms with Gasteiger partial charge in [0.25, 0.3) is 0 Å². The molecule has 1 N–H and O–H groups in total. The zero-order valence-corrected chi connectivity index (χ0v) is 13.9. The molecule has 0 aliphatic carbocycles. The minimum Gasteiger partial charge on any atom is -0.260 e. The number of rotatable bonds is 5. The molecule has 2 aromatic carbocycles. The fourth-order valence-corrected chi connectivity index (χ4v) is 2.88. The van der Waals surface area contributed by atoms with Crippen LogP contribution in [0, 0.1) is 0 Å². The standard InChI is InChI=1S/C17H16N4O2S/c1-24(22,23)12-16-17(20-15-10-6-5-9-14(15)19-16)21-18-11-13-7-3-2-4-8-13/h2-11H,12H2,1H3,(H,20,21)/b18-11+. The Morgan fingerprint density at radius 2 is 1.62 bits per heavy atom. The first-order valence-electron chi connectivity index (χ1n) is 7.29. The van der Waals surface area contributed by atoms with Gasteiger partial charge in [0.15, 0.2) is 15.7 Å². The summed E-state index contributed by atoms with van der Waals surface area (Å²) in [7, 11) is -3.24. The van der Waals surface area contributed by atoms with Crippen LogP contribution in [0.25, 0.3) is 11.0 Å². The maximum Gasteiger partial charge on any atom is 0.169 e. The molecule has 122 valence electrons. The predicted octanol–water partition coefficient (Wildman–Crippen LogP) is 2.62. The molecular formula is C17H16N4O2S. The Bertz CT molecular complexity index is 986. The smallest absolute Gasteiger partial charge is 0.169 e. The van der Waals surface area contributed by atoms with Gasteiger partial charge in [-0.05, 0) is 17.7 Å². The Morgan fingerprint density at radius 3 is 2.29 bits per heavy atom. The van der Waals surface area contributed by atoms with Gasteiger partial charge in [-0.25, -0.2) is 18.4 Å². The second-order valence-electron chi connectivity index (χ2n) is 5.36. The van der Waals surface area contributed by atoms with E-state index in [-0.39, 0.29) is 5.75 Å². The lowest BCUT2D eigenvalue weighted by Crippen LogP contribution is -2.08. The van der Waals surface area contributed by atoms with Crippen LogP contribution < -0.4 is 5.43 Å². The average Bonchev–Trinajstić information content (AvgIpc) is 2.55. The maximum atomic E-state index is 11.7. The number of benzene rings is 2. The molecule has 0 aliphatic rings. The van der Waals surface area contributed by atoms with E-state index in [1.807, 2.05) is 48.5 Å². The molecule has 1 heterocycles. The summed E-state index contributed by atoms with van der Waals surface area (Å²) in [4.78, 5) is 8.85. The number of hydrogen-bond acceptors (Lipinski definition) is 6. The summed E-state index contributed by atoms with van der Waals surface area (Å²) in [5, 5.41) is 4.14. The number of anilines is 1. The average molecular weight is 340 g/mol. The fraction of sp³-hybridized carbons (Fsp3) is 0.118. The molecule has 7 heteroatoms. The first-order chi connectivity index (χ1) is 11.5. The molecule has 0 amide bonds. The van der Waals surface area contributed by atoms with Crippen molar-refractivity contribution in [1.82, 2.24) is 9.97 Å². The molecule has 0 saturated heterocycles. The van der Waals surface area contributed by atoms with E-state index in [4.69, 9.17) is 0 Å². The summed E-state index contributed by atoms with van der Waals surface area (Å²) in [5.41, 5.74) is 5.40. The summed E-state index contributed by atoms with van der Waals surface area (Å²) in [6.07, 6.45) is 2.81. The number of aromatic nitrogens is 2. The molecule has 0 radical (unpaired) electrons. The number of hydrazone groups is 1. The Hall–Kier alpha value is -2.80. The minimum atomic E-state index is -3.24. The Balaban J connectivity index is 1.95. The molecule has 0 aliphatic heterocycles. The van der Waals surface area contributed by atoms with Gasteiger partial charge in [-0.1, -0.05) is 42.5 Å². The highest BCUT2D eigenvalue weighted by atomic mass is 32.2. The van der Waals surface area contributed by atoms with Crippen molar-refractivity contribution in [3.05, 3.63) is 65.9 Å². The zero-order chi connectivity index (χ0) is 17.0. The van der Waals surface area contributed by atoms with Crippen LogP contribution in [0.3, 0.4) is 0 Å². The highest BCUT2D eigenvalue weighted by molar-refractivity contribution is 7.89. The second-order valence-corrected chi connectivity index (χ2v) is 7.50. The van der Waals surface area contributed by atoms with E-state index in [0.717, 1.165) is 5.56 Å². The largest absolute Gasteiger partial charge is 0.260 e. The van der Waals surface area contributed by atoms with Gasteiger partial charge in [-0.15, -0.1) is 0 Å². The van der Waals surface area contributed by atoms with Crippen LogP contribution in [0.5, 0.6) is 0 Å². The number of nitrogens with one attached hydrogen (secondary N) is 1. The van der Waals surface area contributed by atoms with Gasteiger partial charge >= 0.3 is 0 Å². The van der Waals surface area contributed by atoms with Crippen LogP contribution in [-0.4, -0.2) is 30.9 Å². The fourth-order valence-electron chi connectivity index (χ4n) is 2.18. The van der Waals surface area contributed by atoms with Crippen molar-refractivity contribution >= 4 is 32.9 Å². The van der Waals surface area contributed by atoms with Crippen molar-refractivity contribution < 1.29 is 8.42 Å². The van der Waals surface area contributed by atoms with Crippen molar-refractivity contribution in [3.63, 3.8) is 0 Å². The first kappa shape index (κ1) is 16.1. The van der Waals surface area contributed by atoms with Crippen LogP contribution in [0.1, 0.15) is 11.3 Å². The van der Waals surface area contributed by atoms with E-state index in [9.17, 15) is 8.42 Å². The third-order valence-corrected chi connectivity index (χ3v) is 4.02. The molecule has 0 fully saturated rings. The SMILES string of the molecule is CS(=O)(=O)Cc1nc2ccccc2nc1N/N=C/c1ccccc1. The molecular weight excluding hydrogens is 324 g/mol. The summed E-state index contributed by atoms with van der Waals surface area (Å²) < 4.78 is 23.3. The van der Waals surface area contributed by atoms with Gasteiger partial charge in [0, 0.05) is 6.26 Å². The van der Waals surface area contributed by atoms with E-state index < -0.39 is 9.84 Å².